The van der Waals surface area contributed by atoms with E-state index < -0.39 is 24.0 Å². The molecule has 1 aliphatic rings. The van der Waals surface area contributed by atoms with Crippen molar-refractivity contribution in [3.8, 4) is 11.1 Å². The van der Waals surface area contributed by atoms with Crippen LogP contribution in [-0.2, 0) is 16.1 Å². The fraction of sp³-hybridized carbons (Fsp3) is 0.214. The first-order chi connectivity index (χ1) is 19.1. The summed E-state index contributed by atoms with van der Waals surface area (Å²) < 4.78 is 16.6. The number of alkyl halides is 1. The van der Waals surface area contributed by atoms with Gasteiger partial charge in [0.1, 0.15) is 29.2 Å². The number of pyridine rings is 1. The molecule has 4 aromatic rings. The predicted octanol–water partition coefficient (Wildman–Crippen LogP) is 3.97. The molecule has 0 unspecified atom stereocenters. The second kappa shape index (κ2) is 11.0. The van der Waals surface area contributed by atoms with E-state index >= 15 is 0 Å². The van der Waals surface area contributed by atoms with E-state index in [0.717, 1.165) is 5.56 Å². The maximum atomic E-state index is 14.5. The highest BCUT2D eigenvalue weighted by atomic mass is 79.9. The number of amides is 2. The summed E-state index contributed by atoms with van der Waals surface area (Å²) in [6.45, 7) is 4.70. The molecule has 2 amide bonds. The summed E-state index contributed by atoms with van der Waals surface area (Å²) in [5.41, 5.74) is 8.46. The quantitative estimate of drug-likeness (QED) is 0.240. The van der Waals surface area contributed by atoms with E-state index in [9.17, 15) is 18.8 Å². The van der Waals surface area contributed by atoms with Crippen molar-refractivity contribution in [3.05, 3.63) is 77.6 Å². The Labute approximate surface area is 237 Å². The van der Waals surface area contributed by atoms with Crippen molar-refractivity contribution in [2.45, 2.75) is 32.1 Å². The van der Waals surface area contributed by atoms with Crippen LogP contribution in [0.2, 0.25) is 0 Å². The Morgan fingerprint density at radius 2 is 1.93 bits per heavy atom. The van der Waals surface area contributed by atoms with Crippen LogP contribution in [0.3, 0.4) is 0 Å². The Balaban J connectivity index is 1.40. The minimum atomic E-state index is -1.34. The maximum Gasteiger partial charge on any atom is 0.248 e. The Kier molecular flexibility index (Phi) is 7.44. The molecule has 0 aliphatic carbocycles. The van der Waals surface area contributed by atoms with E-state index in [4.69, 9.17) is 5.73 Å². The van der Waals surface area contributed by atoms with Gasteiger partial charge in [-0.25, -0.2) is 19.3 Å². The van der Waals surface area contributed by atoms with E-state index in [2.05, 4.69) is 42.8 Å². The first kappa shape index (κ1) is 27.1. The molecular formula is C28H25BrFN7O3. The number of benzene rings is 1. The van der Waals surface area contributed by atoms with E-state index in [-0.39, 0.29) is 31.0 Å². The summed E-state index contributed by atoms with van der Waals surface area (Å²) in [6.07, 6.45) is 3.39. The van der Waals surface area contributed by atoms with Gasteiger partial charge in [-0.2, -0.15) is 0 Å². The first-order valence-electron chi connectivity index (χ1n) is 12.4. The van der Waals surface area contributed by atoms with E-state index in [1.54, 1.807) is 47.4 Å². The number of ketones is 1. The van der Waals surface area contributed by atoms with Crippen LogP contribution in [0.25, 0.3) is 27.7 Å². The number of aromatic nitrogens is 4. The summed E-state index contributed by atoms with van der Waals surface area (Å²) >= 11 is 3.25. The third kappa shape index (κ3) is 5.48. The van der Waals surface area contributed by atoms with Crippen LogP contribution >= 0.6 is 15.9 Å². The van der Waals surface area contributed by atoms with Crippen molar-refractivity contribution in [1.29, 1.82) is 0 Å². The molecule has 0 bridgehead atoms. The van der Waals surface area contributed by atoms with Crippen LogP contribution in [0.4, 0.5) is 10.2 Å². The summed E-state index contributed by atoms with van der Waals surface area (Å²) in [5, 5.41) is 3.30. The Bertz CT molecular complexity index is 1650. The molecule has 0 radical (unpaired) electrons. The molecule has 0 saturated carbocycles. The van der Waals surface area contributed by atoms with Gasteiger partial charge < -0.3 is 20.5 Å². The number of nitrogens with two attached hydrogens (primary N) is 1. The van der Waals surface area contributed by atoms with Gasteiger partial charge in [0.05, 0.1) is 12.2 Å². The van der Waals surface area contributed by atoms with Crippen LogP contribution in [0, 0.1) is 0 Å². The van der Waals surface area contributed by atoms with Crippen LogP contribution < -0.4 is 11.1 Å². The monoisotopic (exact) mass is 605 g/mol. The summed E-state index contributed by atoms with van der Waals surface area (Å²) in [6, 6.07) is 9.49. The molecule has 1 aromatic carbocycles. The van der Waals surface area contributed by atoms with Gasteiger partial charge in [-0.05, 0) is 52.7 Å². The van der Waals surface area contributed by atoms with E-state index in [1.165, 1.54) is 11.8 Å². The van der Waals surface area contributed by atoms with Gasteiger partial charge in [0.15, 0.2) is 11.6 Å². The summed E-state index contributed by atoms with van der Waals surface area (Å²) in [7, 11) is 0. The number of likely N-dealkylation sites (tertiary alicyclic amines) is 1. The topological polar surface area (TPSA) is 136 Å². The Morgan fingerprint density at radius 3 is 2.60 bits per heavy atom. The second-order valence-electron chi connectivity index (χ2n) is 9.51. The van der Waals surface area contributed by atoms with Crippen molar-refractivity contribution in [3.63, 3.8) is 0 Å². The van der Waals surface area contributed by atoms with E-state index in [1.807, 2.05) is 12.1 Å². The van der Waals surface area contributed by atoms with Gasteiger partial charge in [-0.3, -0.25) is 14.4 Å². The minimum Gasteiger partial charge on any atom is -0.396 e. The number of anilines is 1. The van der Waals surface area contributed by atoms with Gasteiger partial charge in [-0.1, -0.05) is 18.7 Å². The van der Waals surface area contributed by atoms with Crippen LogP contribution in [0.5, 0.6) is 0 Å². The Hall–Kier alpha value is -4.45. The van der Waals surface area contributed by atoms with Crippen molar-refractivity contribution >= 4 is 55.9 Å². The zero-order valence-corrected chi connectivity index (χ0v) is 23.1. The molecule has 2 atom stereocenters. The number of halogens is 2. The Morgan fingerprint density at radius 1 is 1.18 bits per heavy atom. The molecule has 3 aromatic heterocycles. The zero-order valence-electron chi connectivity index (χ0n) is 21.5. The van der Waals surface area contributed by atoms with Gasteiger partial charge in [0.25, 0.3) is 0 Å². The molecule has 40 heavy (non-hydrogen) atoms. The molecule has 3 N–H and O–H groups in total. The largest absolute Gasteiger partial charge is 0.396 e. The smallest absolute Gasteiger partial charge is 0.248 e. The van der Waals surface area contributed by atoms with Crippen LogP contribution in [0.1, 0.15) is 29.5 Å². The lowest BCUT2D eigenvalue weighted by Crippen LogP contribution is -2.44. The lowest BCUT2D eigenvalue weighted by atomic mass is 10.0. The fourth-order valence-corrected chi connectivity index (χ4v) is 5.11. The van der Waals surface area contributed by atoms with Crippen LogP contribution in [0.15, 0.2) is 66.2 Å². The molecule has 204 valence electrons. The molecular weight excluding hydrogens is 581 g/mol. The summed E-state index contributed by atoms with van der Waals surface area (Å²) in [4.78, 5) is 52.7. The number of carbonyl (C=O) groups is 3. The van der Waals surface area contributed by atoms with Gasteiger partial charge in [0.2, 0.25) is 11.8 Å². The van der Waals surface area contributed by atoms with E-state index in [0.29, 0.717) is 38.3 Å². The number of carbonyl (C=O) groups excluding carboxylic acids is 3. The standard InChI is InChI=1S/C28H25BrFN7O3/c1-15(31)27-32-10-18(11-33-27)17-6-7-22-20(8-17)21(16(2)38)13-36(22)14-26(39)37-12-19(30)9-23(37)28(40)35-25-5-3-4-24(29)34-25/h3-8,10-11,13,19,23H,1,9,12,14,31H2,2H3,(H,34,35,40)/t19-,23+/m1/s1. The molecule has 0 spiro atoms. The predicted molar refractivity (Wildman–Crippen MR) is 152 cm³/mol. The molecule has 4 heterocycles. The van der Waals surface area contributed by atoms with Crippen molar-refractivity contribution in [2.75, 3.05) is 11.9 Å². The molecule has 12 heteroatoms. The van der Waals surface area contributed by atoms with Gasteiger partial charge >= 0.3 is 0 Å². The number of rotatable bonds is 7. The lowest BCUT2D eigenvalue weighted by Gasteiger charge is -2.24. The second-order valence-corrected chi connectivity index (χ2v) is 10.3. The molecule has 1 aliphatic heterocycles. The third-order valence-corrected chi connectivity index (χ3v) is 7.12. The first-order valence-corrected chi connectivity index (χ1v) is 13.2. The number of nitrogens with zero attached hydrogens (tertiary/aromatic N) is 5. The molecule has 1 fully saturated rings. The molecule has 10 nitrogen and oxygen atoms in total. The fourth-order valence-electron chi connectivity index (χ4n) is 4.76. The highest BCUT2D eigenvalue weighted by molar-refractivity contribution is 9.10. The number of Topliss-reactive ketones (excluding diaryl/α,β-unsaturated/α-hetero) is 1. The highest BCUT2D eigenvalue weighted by Crippen LogP contribution is 2.29. The normalized spacial score (nSPS) is 16.7. The van der Waals surface area contributed by atoms with Crippen molar-refractivity contribution < 1.29 is 18.8 Å². The molecule has 1 saturated heterocycles. The number of hydrogen-bond acceptors (Lipinski definition) is 7. The van der Waals surface area contributed by atoms with Crippen LogP contribution in [-0.4, -0.2) is 60.8 Å². The van der Waals surface area contributed by atoms with Gasteiger partial charge in [-0.15, -0.1) is 0 Å². The van der Waals surface area contributed by atoms with Crippen molar-refractivity contribution in [1.82, 2.24) is 24.4 Å². The lowest BCUT2D eigenvalue weighted by molar-refractivity contribution is -0.137. The van der Waals surface area contributed by atoms with Gasteiger partial charge in [0, 0.05) is 47.0 Å². The zero-order chi connectivity index (χ0) is 28.6. The van der Waals surface area contributed by atoms with Crippen molar-refractivity contribution in [2.24, 2.45) is 5.73 Å². The number of fused-ring (bicyclic) bond motifs is 1. The SMILES string of the molecule is C=C(N)c1ncc(-c2ccc3c(c2)c(C(C)=O)cn3CC(=O)N2C[C@H](F)C[C@H]2C(=O)Nc2cccc(Br)n2)cn1. The summed E-state index contributed by atoms with van der Waals surface area (Å²) in [5.74, 6) is -0.513. The highest BCUT2D eigenvalue weighted by Gasteiger charge is 2.40. The average molecular weight is 606 g/mol. The maximum absolute atomic E-state index is 14.5. The average Bonchev–Trinajstić information content (AvgIpc) is 3.49. The number of nitrogens with one attached hydrogen (secondary N) is 1. The third-order valence-electron chi connectivity index (χ3n) is 6.68. The molecule has 5 rings (SSSR count). The number of hydrogen-bond donors (Lipinski definition) is 2. The minimum absolute atomic E-state index is 0.113.